The minimum absolute atomic E-state index is 0.0670. The number of nitrogens with one attached hydrogen (secondary N) is 1. The standard InChI is InChI=1S/C27H25FN4O4S/c1-18-22(28)11-12-24(30-18)27(34)13-16-32(17-14-27)26(33)20-7-9-21(10-8-20)31-37(35,36)23-6-2-4-19-5-3-15-29-25(19)23/h2-12,15,31,34H,13-14,16-17H2,1H3. The Kier molecular flexibility index (Phi) is 6.38. The predicted octanol–water partition coefficient (Wildman–Crippen LogP) is 4.00. The molecule has 4 aromatic rings. The molecule has 1 saturated heterocycles. The number of likely N-dealkylation sites (tertiary alicyclic amines) is 1. The summed E-state index contributed by atoms with van der Waals surface area (Å²) in [5, 5.41) is 11.8. The Morgan fingerprint density at radius 2 is 1.73 bits per heavy atom. The number of anilines is 1. The van der Waals surface area contributed by atoms with E-state index in [2.05, 4.69) is 14.7 Å². The summed E-state index contributed by atoms with van der Waals surface area (Å²) in [7, 11) is -3.90. The molecule has 2 aromatic carbocycles. The van der Waals surface area contributed by atoms with Gasteiger partial charge in [-0.2, -0.15) is 0 Å². The van der Waals surface area contributed by atoms with E-state index in [1.807, 2.05) is 0 Å². The van der Waals surface area contributed by atoms with Crippen LogP contribution in [0.4, 0.5) is 10.1 Å². The zero-order chi connectivity index (χ0) is 26.2. The fourth-order valence-corrected chi connectivity index (χ4v) is 5.74. The maximum absolute atomic E-state index is 13.6. The van der Waals surface area contributed by atoms with Crippen LogP contribution in [0.5, 0.6) is 0 Å². The number of piperidine rings is 1. The summed E-state index contributed by atoms with van der Waals surface area (Å²) in [6.07, 6.45) is 2.09. The van der Waals surface area contributed by atoms with Crippen LogP contribution in [0.2, 0.25) is 0 Å². The molecule has 2 N–H and O–H groups in total. The molecule has 1 aliphatic heterocycles. The third-order valence-electron chi connectivity index (χ3n) is 6.65. The van der Waals surface area contributed by atoms with E-state index in [1.54, 1.807) is 54.4 Å². The number of carbonyl (C=O) groups is 1. The molecule has 190 valence electrons. The van der Waals surface area contributed by atoms with Gasteiger partial charge in [-0.1, -0.05) is 18.2 Å². The number of rotatable bonds is 5. The normalized spacial score (nSPS) is 15.5. The topological polar surface area (TPSA) is 112 Å². The maximum Gasteiger partial charge on any atom is 0.264 e. The van der Waals surface area contributed by atoms with Gasteiger partial charge in [-0.25, -0.2) is 12.8 Å². The predicted molar refractivity (Wildman–Crippen MR) is 137 cm³/mol. The van der Waals surface area contributed by atoms with Gasteiger partial charge in [0.2, 0.25) is 0 Å². The van der Waals surface area contributed by atoms with Crippen molar-refractivity contribution in [2.45, 2.75) is 30.3 Å². The van der Waals surface area contributed by atoms with Crippen molar-refractivity contribution in [3.8, 4) is 0 Å². The van der Waals surface area contributed by atoms with Gasteiger partial charge in [-0.05, 0) is 68.3 Å². The molecule has 1 amide bonds. The second-order valence-electron chi connectivity index (χ2n) is 9.10. The highest BCUT2D eigenvalue weighted by atomic mass is 32.2. The molecular weight excluding hydrogens is 495 g/mol. The number of hydrogen-bond donors (Lipinski definition) is 2. The largest absolute Gasteiger partial charge is 0.383 e. The van der Waals surface area contributed by atoms with Crippen LogP contribution in [0.1, 0.15) is 34.6 Å². The van der Waals surface area contributed by atoms with Gasteiger partial charge >= 0.3 is 0 Å². The number of benzene rings is 2. The lowest BCUT2D eigenvalue weighted by Crippen LogP contribution is -2.45. The van der Waals surface area contributed by atoms with Crippen molar-refractivity contribution in [3.05, 3.63) is 95.7 Å². The number of amides is 1. The Morgan fingerprint density at radius 3 is 2.43 bits per heavy atom. The highest BCUT2D eigenvalue weighted by Gasteiger charge is 2.37. The van der Waals surface area contributed by atoms with E-state index in [1.165, 1.54) is 30.3 Å². The SMILES string of the molecule is Cc1nc(C2(O)CCN(C(=O)c3ccc(NS(=O)(=O)c4cccc5cccnc45)cc3)CC2)ccc1F. The number of hydrogen-bond acceptors (Lipinski definition) is 6. The Morgan fingerprint density at radius 1 is 1.03 bits per heavy atom. The van der Waals surface area contributed by atoms with Gasteiger partial charge in [0.1, 0.15) is 16.3 Å². The summed E-state index contributed by atoms with van der Waals surface area (Å²) in [6, 6.07) is 17.5. The zero-order valence-electron chi connectivity index (χ0n) is 20.1. The van der Waals surface area contributed by atoms with Crippen molar-refractivity contribution in [2.75, 3.05) is 17.8 Å². The summed E-state index contributed by atoms with van der Waals surface area (Å²) in [5.74, 6) is -0.655. The number of sulfonamides is 1. The first-order chi connectivity index (χ1) is 17.7. The molecule has 0 atom stereocenters. The number of nitrogens with zero attached hydrogens (tertiary/aromatic N) is 3. The Balaban J connectivity index is 1.26. The van der Waals surface area contributed by atoms with E-state index in [0.29, 0.717) is 40.9 Å². The minimum atomic E-state index is -3.90. The number of pyridine rings is 2. The molecule has 0 spiro atoms. The molecular formula is C27H25FN4O4S. The van der Waals surface area contributed by atoms with Crippen LogP contribution in [0.25, 0.3) is 10.9 Å². The van der Waals surface area contributed by atoms with Crippen LogP contribution < -0.4 is 4.72 Å². The molecule has 0 saturated carbocycles. The average Bonchev–Trinajstić information content (AvgIpc) is 2.90. The van der Waals surface area contributed by atoms with Crippen LogP contribution in [0.15, 0.2) is 77.8 Å². The van der Waals surface area contributed by atoms with Gasteiger partial charge < -0.3 is 10.0 Å². The van der Waals surface area contributed by atoms with E-state index in [4.69, 9.17) is 0 Å². The van der Waals surface area contributed by atoms with E-state index >= 15 is 0 Å². The maximum atomic E-state index is 13.6. The van der Waals surface area contributed by atoms with E-state index in [9.17, 15) is 22.7 Å². The van der Waals surface area contributed by atoms with Crippen molar-refractivity contribution in [1.29, 1.82) is 0 Å². The Bertz CT molecular complexity index is 1580. The lowest BCUT2D eigenvalue weighted by molar-refractivity contribution is -0.0245. The number of halogens is 1. The van der Waals surface area contributed by atoms with Crippen LogP contribution in [0, 0.1) is 12.7 Å². The highest BCUT2D eigenvalue weighted by molar-refractivity contribution is 7.93. The number of aryl methyl sites for hydroxylation is 1. The lowest BCUT2D eigenvalue weighted by Gasteiger charge is -2.38. The molecule has 5 rings (SSSR count). The molecule has 0 bridgehead atoms. The highest BCUT2D eigenvalue weighted by Crippen LogP contribution is 2.33. The first-order valence-corrected chi connectivity index (χ1v) is 13.3. The monoisotopic (exact) mass is 520 g/mol. The second kappa shape index (κ2) is 9.53. The van der Waals surface area contributed by atoms with Crippen LogP contribution in [-0.4, -0.2) is 47.4 Å². The van der Waals surface area contributed by atoms with Gasteiger partial charge in [0, 0.05) is 35.9 Å². The van der Waals surface area contributed by atoms with Crippen molar-refractivity contribution in [1.82, 2.24) is 14.9 Å². The number of aromatic nitrogens is 2. The number of para-hydroxylation sites is 1. The molecule has 10 heteroatoms. The molecule has 8 nitrogen and oxygen atoms in total. The molecule has 1 fully saturated rings. The van der Waals surface area contributed by atoms with Crippen molar-refractivity contribution in [3.63, 3.8) is 0 Å². The molecule has 0 radical (unpaired) electrons. The summed E-state index contributed by atoms with van der Waals surface area (Å²) < 4.78 is 42.2. The van der Waals surface area contributed by atoms with Crippen LogP contribution in [0.3, 0.4) is 0 Å². The molecule has 2 aromatic heterocycles. The van der Waals surface area contributed by atoms with Crippen LogP contribution in [-0.2, 0) is 15.6 Å². The van der Waals surface area contributed by atoms with Crippen LogP contribution >= 0.6 is 0 Å². The third kappa shape index (κ3) is 4.90. The van der Waals surface area contributed by atoms with E-state index in [-0.39, 0.29) is 29.3 Å². The molecule has 0 unspecified atom stereocenters. The number of aliphatic hydroxyl groups is 1. The Hall–Kier alpha value is -3.89. The molecule has 3 heterocycles. The minimum Gasteiger partial charge on any atom is -0.383 e. The first-order valence-electron chi connectivity index (χ1n) is 11.8. The quantitative estimate of drug-likeness (QED) is 0.411. The zero-order valence-corrected chi connectivity index (χ0v) is 20.9. The summed E-state index contributed by atoms with van der Waals surface area (Å²) >= 11 is 0. The van der Waals surface area contributed by atoms with Crippen molar-refractivity contribution >= 4 is 32.5 Å². The van der Waals surface area contributed by atoms with Gasteiger partial charge in [0.15, 0.2) is 0 Å². The van der Waals surface area contributed by atoms with E-state index < -0.39 is 21.4 Å². The fraction of sp³-hybridized carbons (Fsp3) is 0.222. The Labute approximate surface area is 213 Å². The molecule has 1 aliphatic rings. The van der Waals surface area contributed by atoms with Gasteiger partial charge in [-0.15, -0.1) is 0 Å². The van der Waals surface area contributed by atoms with Crippen molar-refractivity contribution in [2.24, 2.45) is 0 Å². The number of fused-ring (bicyclic) bond motifs is 1. The molecule has 0 aliphatic carbocycles. The first kappa shape index (κ1) is 24.8. The summed E-state index contributed by atoms with van der Waals surface area (Å²) in [6.45, 7) is 2.15. The average molecular weight is 521 g/mol. The number of carbonyl (C=O) groups excluding carboxylic acids is 1. The van der Waals surface area contributed by atoms with Gasteiger partial charge in [-0.3, -0.25) is 19.5 Å². The smallest absolute Gasteiger partial charge is 0.264 e. The summed E-state index contributed by atoms with van der Waals surface area (Å²) in [4.78, 5) is 23.1. The fourth-order valence-electron chi connectivity index (χ4n) is 4.51. The summed E-state index contributed by atoms with van der Waals surface area (Å²) in [5.41, 5.74) is 0.480. The third-order valence-corrected chi connectivity index (χ3v) is 8.06. The second-order valence-corrected chi connectivity index (χ2v) is 10.8. The van der Waals surface area contributed by atoms with E-state index in [0.717, 1.165) is 0 Å². The molecule has 37 heavy (non-hydrogen) atoms. The van der Waals surface area contributed by atoms with Gasteiger partial charge in [0.05, 0.1) is 16.9 Å². The lowest BCUT2D eigenvalue weighted by atomic mass is 9.87. The van der Waals surface area contributed by atoms with Gasteiger partial charge in [0.25, 0.3) is 15.9 Å². The van der Waals surface area contributed by atoms with Crippen molar-refractivity contribution < 1.29 is 22.7 Å².